The second-order valence-electron chi connectivity index (χ2n) is 6.41. The van der Waals surface area contributed by atoms with Gasteiger partial charge in [-0.25, -0.2) is 4.39 Å². The van der Waals surface area contributed by atoms with Crippen LogP contribution in [0.1, 0.15) is 38.4 Å². The first kappa shape index (κ1) is 20.7. The number of benzene rings is 1. The molecule has 0 radical (unpaired) electrons. The molecule has 0 atom stereocenters. The molecule has 0 aliphatic rings. The minimum absolute atomic E-state index is 0.246. The second-order valence-corrected chi connectivity index (χ2v) is 6.41. The van der Waals surface area contributed by atoms with Crippen LogP contribution in [0, 0.1) is 5.82 Å². The highest BCUT2D eigenvalue weighted by Gasteiger charge is 2.10. The number of ether oxygens (including phenoxy) is 1. The molecule has 148 valence electrons. The van der Waals surface area contributed by atoms with Gasteiger partial charge in [0.15, 0.2) is 11.8 Å². The van der Waals surface area contributed by atoms with Gasteiger partial charge in [-0.2, -0.15) is 4.98 Å². The normalized spacial score (nSPS) is 11.7. The highest BCUT2D eigenvalue weighted by Crippen LogP contribution is 2.11. The molecule has 1 heterocycles. The SMILES string of the molecule is CCNC(=NCCc1nc(C(C)C)no1)N(C)CCOc1ccc(F)cc1. The van der Waals surface area contributed by atoms with Crippen LogP contribution in [0.25, 0.3) is 0 Å². The third-order valence-corrected chi connectivity index (χ3v) is 3.79. The van der Waals surface area contributed by atoms with E-state index in [-0.39, 0.29) is 11.7 Å². The molecule has 0 aliphatic heterocycles. The van der Waals surface area contributed by atoms with E-state index in [4.69, 9.17) is 9.26 Å². The molecule has 1 aromatic heterocycles. The number of rotatable bonds is 9. The Morgan fingerprint density at radius 1 is 1.33 bits per heavy atom. The maximum absolute atomic E-state index is 12.9. The number of nitrogens with zero attached hydrogens (tertiary/aromatic N) is 4. The smallest absolute Gasteiger partial charge is 0.228 e. The zero-order chi connectivity index (χ0) is 19.6. The van der Waals surface area contributed by atoms with Crippen LogP contribution in [-0.4, -0.2) is 54.3 Å². The average Bonchev–Trinajstić information content (AvgIpc) is 3.12. The summed E-state index contributed by atoms with van der Waals surface area (Å²) in [5.74, 6) is 2.71. The maximum atomic E-state index is 12.9. The Morgan fingerprint density at radius 3 is 2.70 bits per heavy atom. The summed E-state index contributed by atoms with van der Waals surface area (Å²) in [6.07, 6.45) is 0.592. The van der Waals surface area contributed by atoms with Gasteiger partial charge in [0.05, 0.1) is 13.1 Å². The van der Waals surface area contributed by atoms with Gasteiger partial charge in [0.2, 0.25) is 5.89 Å². The number of hydrogen-bond donors (Lipinski definition) is 1. The van der Waals surface area contributed by atoms with Crippen LogP contribution < -0.4 is 10.1 Å². The quantitative estimate of drug-likeness (QED) is 0.535. The fourth-order valence-electron chi connectivity index (χ4n) is 2.27. The Hall–Kier alpha value is -2.64. The third kappa shape index (κ3) is 6.88. The number of hydrogen-bond acceptors (Lipinski definition) is 5. The molecule has 0 fully saturated rings. The van der Waals surface area contributed by atoms with Crippen LogP contribution in [0.3, 0.4) is 0 Å². The molecule has 2 aromatic rings. The first-order chi connectivity index (χ1) is 13.0. The van der Waals surface area contributed by atoms with Crippen LogP contribution in [0.4, 0.5) is 4.39 Å². The minimum Gasteiger partial charge on any atom is -0.492 e. The number of aliphatic imine (C=N–C) groups is 1. The molecule has 27 heavy (non-hydrogen) atoms. The lowest BCUT2D eigenvalue weighted by Crippen LogP contribution is -2.41. The van der Waals surface area contributed by atoms with Crippen molar-refractivity contribution in [1.82, 2.24) is 20.4 Å². The first-order valence-electron chi connectivity index (χ1n) is 9.20. The van der Waals surface area contributed by atoms with Gasteiger partial charge >= 0.3 is 0 Å². The van der Waals surface area contributed by atoms with E-state index in [0.29, 0.717) is 37.8 Å². The Kier molecular flexibility index (Phi) is 8.03. The number of likely N-dealkylation sites (N-methyl/N-ethyl adjacent to an activating group) is 1. The lowest BCUT2D eigenvalue weighted by atomic mass is 10.2. The fourth-order valence-corrected chi connectivity index (χ4v) is 2.27. The summed E-state index contributed by atoms with van der Waals surface area (Å²) in [5.41, 5.74) is 0. The lowest BCUT2D eigenvalue weighted by Gasteiger charge is -2.22. The molecule has 2 rings (SSSR count). The molecule has 0 amide bonds. The van der Waals surface area contributed by atoms with Crippen LogP contribution in [-0.2, 0) is 6.42 Å². The zero-order valence-corrected chi connectivity index (χ0v) is 16.4. The van der Waals surface area contributed by atoms with Gasteiger partial charge in [0.25, 0.3) is 0 Å². The van der Waals surface area contributed by atoms with E-state index in [1.165, 1.54) is 12.1 Å². The Labute approximate surface area is 159 Å². The van der Waals surface area contributed by atoms with E-state index in [2.05, 4.69) is 20.4 Å². The molecule has 1 aromatic carbocycles. The summed E-state index contributed by atoms with van der Waals surface area (Å²) in [4.78, 5) is 10.9. The topological polar surface area (TPSA) is 75.8 Å². The van der Waals surface area contributed by atoms with Crippen molar-refractivity contribution in [1.29, 1.82) is 0 Å². The molecule has 0 saturated carbocycles. The monoisotopic (exact) mass is 377 g/mol. The number of nitrogens with one attached hydrogen (secondary N) is 1. The van der Waals surface area contributed by atoms with Crippen molar-refractivity contribution in [2.45, 2.75) is 33.1 Å². The largest absolute Gasteiger partial charge is 0.492 e. The predicted octanol–water partition coefficient (Wildman–Crippen LogP) is 2.85. The highest BCUT2D eigenvalue weighted by atomic mass is 19.1. The van der Waals surface area contributed by atoms with Crippen molar-refractivity contribution in [3.63, 3.8) is 0 Å². The number of halogens is 1. The van der Waals surface area contributed by atoms with Crippen molar-refractivity contribution in [2.24, 2.45) is 4.99 Å². The summed E-state index contributed by atoms with van der Waals surface area (Å²) in [5, 5.41) is 7.21. The van der Waals surface area contributed by atoms with Gasteiger partial charge in [-0.05, 0) is 31.2 Å². The van der Waals surface area contributed by atoms with Gasteiger partial charge < -0.3 is 19.5 Å². The van der Waals surface area contributed by atoms with Gasteiger partial charge in [0, 0.05) is 25.9 Å². The summed E-state index contributed by atoms with van der Waals surface area (Å²) >= 11 is 0. The van der Waals surface area contributed by atoms with Crippen LogP contribution in [0.5, 0.6) is 5.75 Å². The highest BCUT2D eigenvalue weighted by molar-refractivity contribution is 5.79. The van der Waals surface area contributed by atoms with E-state index < -0.39 is 0 Å². The van der Waals surface area contributed by atoms with Crippen molar-refractivity contribution < 1.29 is 13.7 Å². The second kappa shape index (κ2) is 10.5. The summed E-state index contributed by atoms with van der Waals surface area (Å²) in [6, 6.07) is 5.99. The van der Waals surface area contributed by atoms with E-state index in [0.717, 1.165) is 18.3 Å². The predicted molar refractivity (Wildman–Crippen MR) is 103 cm³/mol. The van der Waals surface area contributed by atoms with Crippen molar-refractivity contribution in [3.05, 3.63) is 41.8 Å². The molecule has 0 saturated heterocycles. The van der Waals surface area contributed by atoms with Crippen molar-refractivity contribution in [3.8, 4) is 5.75 Å². The molecule has 0 unspecified atom stereocenters. The van der Waals surface area contributed by atoms with Crippen LogP contribution in [0.15, 0.2) is 33.8 Å². The Morgan fingerprint density at radius 2 is 2.07 bits per heavy atom. The first-order valence-corrected chi connectivity index (χ1v) is 9.20. The van der Waals surface area contributed by atoms with Crippen molar-refractivity contribution in [2.75, 3.05) is 33.3 Å². The van der Waals surface area contributed by atoms with Gasteiger partial charge in [-0.1, -0.05) is 19.0 Å². The van der Waals surface area contributed by atoms with Crippen LogP contribution in [0.2, 0.25) is 0 Å². The molecule has 0 bridgehead atoms. The molecule has 0 spiro atoms. The molecular weight excluding hydrogens is 349 g/mol. The Balaban J connectivity index is 1.82. The third-order valence-electron chi connectivity index (χ3n) is 3.79. The van der Waals surface area contributed by atoms with Gasteiger partial charge in [-0.15, -0.1) is 0 Å². The van der Waals surface area contributed by atoms with Crippen LogP contribution >= 0.6 is 0 Å². The fraction of sp³-hybridized carbons (Fsp3) is 0.526. The van der Waals surface area contributed by atoms with E-state index in [9.17, 15) is 4.39 Å². The molecule has 1 N–H and O–H groups in total. The zero-order valence-electron chi connectivity index (χ0n) is 16.4. The molecule has 7 nitrogen and oxygen atoms in total. The maximum Gasteiger partial charge on any atom is 0.228 e. The molecular formula is C19H28FN5O2. The van der Waals surface area contributed by atoms with E-state index >= 15 is 0 Å². The molecule has 8 heteroatoms. The van der Waals surface area contributed by atoms with E-state index in [1.54, 1.807) is 12.1 Å². The molecule has 0 aliphatic carbocycles. The summed E-state index contributed by atoms with van der Waals surface area (Å²) in [6.45, 7) is 8.49. The average molecular weight is 377 g/mol. The summed E-state index contributed by atoms with van der Waals surface area (Å²) < 4.78 is 23.8. The Bertz CT molecular complexity index is 715. The van der Waals surface area contributed by atoms with Gasteiger partial charge in [-0.3, -0.25) is 4.99 Å². The lowest BCUT2D eigenvalue weighted by molar-refractivity contribution is 0.281. The van der Waals surface area contributed by atoms with Crippen molar-refractivity contribution >= 4 is 5.96 Å². The summed E-state index contributed by atoms with van der Waals surface area (Å²) in [7, 11) is 1.94. The van der Waals surface area contributed by atoms with E-state index in [1.807, 2.05) is 32.7 Å². The minimum atomic E-state index is -0.275. The number of aromatic nitrogens is 2. The van der Waals surface area contributed by atoms with Gasteiger partial charge in [0.1, 0.15) is 18.2 Å². The number of guanidine groups is 1. The standard InChI is InChI=1S/C19H28FN5O2/c1-5-21-19(22-11-10-17-23-18(14(2)3)24-27-17)25(4)12-13-26-16-8-6-15(20)7-9-16/h6-9,14H,5,10-13H2,1-4H3,(H,21,22).